The van der Waals surface area contributed by atoms with Gasteiger partial charge < -0.3 is 15.6 Å². The topological polar surface area (TPSA) is 96.0 Å². The van der Waals surface area contributed by atoms with E-state index in [0.29, 0.717) is 16.8 Å². The molecule has 1 heterocycles. The van der Waals surface area contributed by atoms with Gasteiger partial charge in [-0.05, 0) is 30.3 Å². The maximum atomic E-state index is 12.0. The molecule has 0 aliphatic rings. The minimum Gasteiger partial charge on any atom is -0.343 e. The molecule has 0 fully saturated rings. The van der Waals surface area contributed by atoms with E-state index in [0.717, 1.165) is 5.52 Å². The molecule has 0 atom stereocenters. The Kier molecular flexibility index (Phi) is 4.15. The number of carbonyl (C=O) groups is 2. The first-order chi connectivity index (χ1) is 11.5. The molecule has 0 saturated heterocycles. The van der Waals surface area contributed by atoms with E-state index in [-0.39, 0.29) is 24.0 Å². The summed E-state index contributed by atoms with van der Waals surface area (Å²) in [6.07, 6.45) is 0. The summed E-state index contributed by atoms with van der Waals surface area (Å²) in [4.78, 5) is 38.1. The van der Waals surface area contributed by atoms with E-state index in [1.165, 1.54) is 4.57 Å². The van der Waals surface area contributed by atoms with E-state index in [2.05, 4.69) is 15.6 Å². The molecule has 0 bridgehead atoms. The fraction of sp³-hybridized carbons (Fsp3) is 0.118. The Hall–Kier alpha value is -3.35. The molecule has 122 valence electrons. The van der Waals surface area contributed by atoms with Gasteiger partial charge in [-0.25, -0.2) is 4.79 Å². The number of H-pyrrole nitrogens is 1. The minimum atomic E-state index is -0.350. The second-order valence-corrected chi connectivity index (χ2v) is 5.32. The van der Waals surface area contributed by atoms with Crippen LogP contribution >= 0.6 is 0 Å². The number of anilines is 1. The molecule has 7 nitrogen and oxygen atoms in total. The predicted octanol–water partition coefficient (Wildman–Crippen LogP) is 1.24. The largest absolute Gasteiger partial charge is 0.343 e. The summed E-state index contributed by atoms with van der Waals surface area (Å²) in [6.45, 7) is -0.142. The van der Waals surface area contributed by atoms with Crippen LogP contribution in [0.15, 0.2) is 53.3 Å². The number of fused-ring (bicyclic) bond motifs is 1. The number of nitrogens with one attached hydrogen (secondary N) is 3. The normalized spacial score (nSPS) is 10.5. The van der Waals surface area contributed by atoms with Crippen molar-refractivity contribution in [1.29, 1.82) is 0 Å². The number of aromatic amines is 1. The zero-order valence-corrected chi connectivity index (χ0v) is 13.0. The molecule has 2 aromatic carbocycles. The highest BCUT2D eigenvalue weighted by Crippen LogP contribution is 2.15. The maximum absolute atomic E-state index is 12.0. The zero-order valence-electron chi connectivity index (χ0n) is 13.0. The Bertz CT molecular complexity index is 957. The molecule has 3 N–H and O–H groups in total. The Morgan fingerprint density at radius 1 is 1.12 bits per heavy atom. The van der Waals surface area contributed by atoms with Crippen LogP contribution in [0.4, 0.5) is 5.69 Å². The van der Waals surface area contributed by atoms with Crippen LogP contribution in [-0.2, 0) is 11.8 Å². The van der Waals surface area contributed by atoms with Crippen molar-refractivity contribution in [2.24, 2.45) is 7.05 Å². The molecule has 0 spiro atoms. The highest BCUT2D eigenvalue weighted by molar-refractivity contribution is 5.99. The molecular formula is C17H16N4O3. The Balaban J connectivity index is 1.63. The summed E-state index contributed by atoms with van der Waals surface area (Å²) >= 11 is 0. The van der Waals surface area contributed by atoms with Crippen LogP contribution in [0.2, 0.25) is 0 Å². The van der Waals surface area contributed by atoms with E-state index in [4.69, 9.17) is 0 Å². The average molecular weight is 324 g/mol. The van der Waals surface area contributed by atoms with E-state index in [9.17, 15) is 14.4 Å². The summed E-state index contributed by atoms with van der Waals surface area (Å²) in [5.74, 6) is -0.662. The van der Waals surface area contributed by atoms with Crippen LogP contribution in [0.3, 0.4) is 0 Å². The number of hydrogen-bond acceptors (Lipinski definition) is 3. The van der Waals surface area contributed by atoms with Gasteiger partial charge in [0.25, 0.3) is 5.91 Å². The van der Waals surface area contributed by atoms with Gasteiger partial charge in [-0.15, -0.1) is 0 Å². The number of amides is 2. The first-order valence-corrected chi connectivity index (χ1v) is 7.36. The number of hydrogen-bond donors (Lipinski definition) is 3. The Labute approximate surface area is 137 Å². The van der Waals surface area contributed by atoms with Gasteiger partial charge in [0.15, 0.2) is 0 Å². The van der Waals surface area contributed by atoms with Crippen LogP contribution in [-0.4, -0.2) is 27.9 Å². The third-order valence-electron chi connectivity index (χ3n) is 3.63. The fourth-order valence-electron chi connectivity index (χ4n) is 2.37. The molecule has 0 aliphatic carbocycles. The van der Waals surface area contributed by atoms with E-state index < -0.39 is 0 Å². The molecule has 0 unspecified atom stereocenters. The standard InChI is InChI=1S/C17H16N4O3/c1-21-14-8-7-12(9-13(14)20-17(21)24)19-15(22)10-18-16(23)11-5-3-2-4-6-11/h2-9H,10H2,1H3,(H,18,23)(H,19,22)(H,20,24). The van der Waals surface area contributed by atoms with Crippen LogP contribution < -0.4 is 16.3 Å². The summed E-state index contributed by atoms with van der Waals surface area (Å²) in [5, 5.41) is 5.24. The van der Waals surface area contributed by atoms with Gasteiger partial charge >= 0.3 is 5.69 Å². The highest BCUT2D eigenvalue weighted by atomic mass is 16.2. The van der Waals surface area contributed by atoms with Crippen molar-refractivity contribution in [3.8, 4) is 0 Å². The van der Waals surface area contributed by atoms with Gasteiger partial charge in [0.1, 0.15) is 0 Å². The summed E-state index contributed by atoms with van der Waals surface area (Å²) in [6, 6.07) is 13.8. The van der Waals surface area contributed by atoms with Crippen molar-refractivity contribution in [3.05, 3.63) is 64.6 Å². The van der Waals surface area contributed by atoms with Gasteiger partial charge in [-0.1, -0.05) is 18.2 Å². The van der Waals surface area contributed by atoms with Crippen LogP contribution in [0, 0.1) is 0 Å². The predicted molar refractivity (Wildman–Crippen MR) is 90.9 cm³/mol. The first-order valence-electron chi connectivity index (χ1n) is 7.36. The van der Waals surface area contributed by atoms with Crippen molar-refractivity contribution in [1.82, 2.24) is 14.9 Å². The molecule has 3 aromatic rings. The third-order valence-corrected chi connectivity index (χ3v) is 3.63. The number of rotatable bonds is 4. The number of aryl methyl sites for hydroxylation is 1. The third kappa shape index (κ3) is 3.19. The lowest BCUT2D eigenvalue weighted by atomic mass is 10.2. The van der Waals surface area contributed by atoms with Crippen LogP contribution in [0.25, 0.3) is 11.0 Å². The van der Waals surface area contributed by atoms with Crippen molar-refractivity contribution in [3.63, 3.8) is 0 Å². The van der Waals surface area contributed by atoms with Crippen LogP contribution in [0.1, 0.15) is 10.4 Å². The lowest BCUT2D eigenvalue weighted by Gasteiger charge is -2.07. The average Bonchev–Trinajstić information content (AvgIpc) is 2.87. The summed E-state index contributed by atoms with van der Waals surface area (Å²) in [7, 11) is 1.67. The second-order valence-electron chi connectivity index (χ2n) is 5.32. The Morgan fingerprint density at radius 2 is 1.88 bits per heavy atom. The summed E-state index contributed by atoms with van der Waals surface area (Å²) in [5.41, 5.74) is 2.20. The summed E-state index contributed by atoms with van der Waals surface area (Å²) < 4.78 is 1.49. The lowest BCUT2D eigenvalue weighted by molar-refractivity contribution is -0.115. The monoisotopic (exact) mass is 324 g/mol. The van der Waals surface area contributed by atoms with Gasteiger partial charge in [0, 0.05) is 18.3 Å². The molecular weight excluding hydrogens is 308 g/mol. The molecule has 24 heavy (non-hydrogen) atoms. The molecule has 7 heteroatoms. The maximum Gasteiger partial charge on any atom is 0.326 e. The number of carbonyl (C=O) groups excluding carboxylic acids is 2. The number of benzene rings is 2. The van der Waals surface area contributed by atoms with E-state index in [1.807, 2.05) is 6.07 Å². The zero-order chi connectivity index (χ0) is 17.1. The quantitative estimate of drug-likeness (QED) is 0.673. The van der Waals surface area contributed by atoms with Crippen molar-refractivity contribution < 1.29 is 9.59 Å². The van der Waals surface area contributed by atoms with Crippen molar-refractivity contribution in [2.45, 2.75) is 0 Å². The molecule has 1 aromatic heterocycles. The lowest BCUT2D eigenvalue weighted by Crippen LogP contribution is -2.32. The smallest absolute Gasteiger partial charge is 0.326 e. The van der Waals surface area contributed by atoms with Gasteiger partial charge in [-0.2, -0.15) is 0 Å². The molecule has 0 aliphatic heterocycles. The molecule has 0 radical (unpaired) electrons. The SMILES string of the molecule is Cn1c(=O)[nH]c2cc(NC(=O)CNC(=O)c3ccccc3)ccc21. The van der Waals surface area contributed by atoms with Crippen molar-refractivity contribution in [2.75, 3.05) is 11.9 Å². The van der Waals surface area contributed by atoms with Crippen molar-refractivity contribution >= 4 is 28.5 Å². The number of nitrogens with zero attached hydrogens (tertiary/aromatic N) is 1. The fourth-order valence-corrected chi connectivity index (χ4v) is 2.37. The second kappa shape index (κ2) is 6.41. The highest BCUT2D eigenvalue weighted by Gasteiger charge is 2.09. The van der Waals surface area contributed by atoms with E-state index in [1.54, 1.807) is 49.5 Å². The molecule has 0 saturated carbocycles. The van der Waals surface area contributed by atoms with Crippen LogP contribution in [0.5, 0.6) is 0 Å². The van der Waals surface area contributed by atoms with Gasteiger partial charge in [-0.3, -0.25) is 14.2 Å². The molecule has 3 rings (SSSR count). The number of aromatic nitrogens is 2. The minimum absolute atomic E-state index is 0.142. The Morgan fingerprint density at radius 3 is 2.62 bits per heavy atom. The molecule has 2 amide bonds. The number of imidazole rings is 1. The van der Waals surface area contributed by atoms with E-state index >= 15 is 0 Å². The van der Waals surface area contributed by atoms with Gasteiger partial charge in [0.05, 0.1) is 17.6 Å². The first kappa shape index (κ1) is 15.5. The van der Waals surface area contributed by atoms with Gasteiger partial charge in [0.2, 0.25) is 5.91 Å².